The fourth-order valence-electron chi connectivity index (χ4n) is 4.10. The first kappa shape index (κ1) is 30.1. The number of benzene rings is 1. The Morgan fingerprint density at radius 2 is 1.80 bits per heavy atom. The predicted octanol–water partition coefficient (Wildman–Crippen LogP) is 3.36. The van der Waals surface area contributed by atoms with E-state index in [9.17, 15) is 24.3 Å². The summed E-state index contributed by atoms with van der Waals surface area (Å²) in [6.45, 7) is 7.07. The number of hydrogen-bond acceptors (Lipinski definition) is 7. The number of carbonyl (C=O) groups is 4. The molecule has 0 radical (unpaired) electrons. The molecule has 0 saturated carbocycles. The highest BCUT2D eigenvalue weighted by Gasteiger charge is 2.31. The minimum atomic E-state index is -1.09. The smallest absolute Gasteiger partial charge is 0.410 e. The lowest BCUT2D eigenvalue weighted by Gasteiger charge is -2.35. The number of carboxylic acid groups (broad SMARTS) is 1. The van der Waals surface area contributed by atoms with Crippen molar-refractivity contribution in [2.75, 3.05) is 39.4 Å². The van der Waals surface area contributed by atoms with Crippen LogP contribution in [0, 0.1) is 0 Å². The second kappa shape index (κ2) is 15.2. The maximum atomic E-state index is 13.4. The third kappa shape index (κ3) is 8.82. The predicted molar refractivity (Wildman–Crippen MR) is 148 cm³/mol. The Hall–Kier alpha value is -4.41. The zero-order valence-electron chi connectivity index (χ0n) is 22.7. The molecule has 11 nitrogen and oxygen atoms in total. The minimum Gasteiger partial charge on any atom is -0.493 e. The number of carbonyl (C=O) groups excluding carboxylic acids is 3. The van der Waals surface area contributed by atoms with Crippen LogP contribution in [0.5, 0.6) is 5.75 Å². The van der Waals surface area contributed by atoms with Crippen LogP contribution >= 0.6 is 0 Å². The number of ether oxygens (including phenoxy) is 2. The molecule has 1 atom stereocenters. The molecular weight excluding hydrogens is 516 g/mol. The van der Waals surface area contributed by atoms with Crippen LogP contribution in [0.3, 0.4) is 0 Å². The third-order valence-electron chi connectivity index (χ3n) is 6.29. The van der Waals surface area contributed by atoms with Gasteiger partial charge in [0.25, 0.3) is 5.91 Å². The SMILES string of the molecule is C=CCOC(=O)N1CCN(C(=O)[C@H](CCC(=O)O)NC(=O)c2cc(OCCCC)cc(-c3ccccc3)n2)CC1. The van der Waals surface area contributed by atoms with Gasteiger partial charge in [-0.2, -0.15) is 0 Å². The number of rotatable bonds is 13. The maximum absolute atomic E-state index is 13.4. The van der Waals surface area contributed by atoms with Gasteiger partial charge in [-0.3, -0.25) is 14.4 Å². The van der Waals surface area contributed by atoms with Gasteiger partial charge in [0, 0.05) is 50.3 Å². The van der Waals surface area contributed by atoms with Crippen LogP contribution in [0.25, 0.3) is 11.3 Å². The van der Waals surface area contributed by atoms with Gasteiger partial charge in [0.15, 0.2) is 0 Å². The number of nitrogens with zero attached hydrogens (tertiary/aromatic N) is 3. The Balaban J connectivity index is 1.77. The van der Waals surface area contributed by atoms with E-state index in [0.717, 1.165) is 18.4 Å². The normalized spacial score (nSPS) is 13.7. The highest BCUT2D eigenvalue weighted by molar-refractivity contribution is 5.97. The lowest BCUT2D eigenvalue weighted by Crippen LogP contribution is -2.56. The van der Waals surface area contributed by atoms with Crippen molar-refractivity contribution >= 4 is 23.9 Å². The van der Waals surface area contributed by atoms with E-state index in [4.69, 9.17) is 9.47 Å². The van der Waals surface area contributed by atoms with E-state index in [-0.39, 0.29) is 51.3 Å². The van der Waals surface area contributed by atoms with Gasteiger partial charge >= 0.3 is 12.1 Å². The van der Waals surface area contributed by atoms with Crippen LogP contribution in [-0.4, -0.2) is 89.2 Å². The molecule has 2 N–H and O–H groups in total. The van der Waals surface area contributed by atoms with Crippen molar-refractivity contribution in [2.45, 2.75) is 38.6 Å². The van der Waals surface area contributed by atoms with E-state index in [2.05, 4.69) is 16.9 Å². The van der Waals surface area contributed by atoms with E-state index in [1.807, 2.05) is 37.3 Å². The summed E-state index contributed by atoms with van der Waals surface area (Å²) >= 11 is 0. The second-order valence-corrected chi connectivity index (χ2v) is 9.28. The topological polar surface area (TPSA) is 138 Å². The summed E-state index contributed by atoms with van der Waals surface area (Å²) in [7, 11) is 0. The highest BCUT2D eigenvalue weighted by atomic mass is 16.6. The van der Waals surface area contributed by atoms with Crippen LogP contribution in [0.15, 0.2) is 55.1 Å². The Morgan fingerprint density at radius 3 is 2.45 bits per heavy atom. The molecule has 2 aromatic rings. The van der Waals surface area contributed by atoms with Crippen LogP contribution in [0.1, 0.15) is 43.1 Å². The van der Waals surface area contributed by atoms with Crippen molar-refractivity contribution < 1.29 is 33.8 Å². The van der Waals surface area contributed by atoms with E-state index in [0.29, 0.717) is 18.1 Å². The summed E-state index contributed by atoms with van der Waals surface area (Å²) < 4.78 is 10.9. The molecule has 1 fully saturated rings. The monoisotopic (exact) mass is 552 g/mol. The minimum absolute atomic E-state index is 0.0516. The average molecular weight is 553 g/mol. The maximum Gasteiger partial charge on any atom is 0.410 e. The molecule has 3 amide bonds. The summed E-state index contributed by atoms with van der Waals surface area (Å²) in [5.41, 5.74) is 1.38. The first-order valence-corrected chi connectivity index (χ1v) is 13.4. The molecule has 1 aliphatic rings. The van der Waals surface area contributed by atoms with Gasteiger partial charge in [-0.1, -0.05) is 56.3 Å². The van der Waals surface area contributed by atoms with Crippen LogP contribution in [-0.2, 0) is 14.3 Å². The molecule has 0 aliphatic carbocycles. The molecular formula is C29H36N4O7. The lowest BCUT2D eigenvalue weighted by atomic mass is 10.1. The fourth-order valence-corrected chi connectivity index (χ4v) is 4.10. The molecule has 11 heteroatoms. The number of piperazine rings is 1. The molecule has 2 heterocycles. The Labute approximate surface area is 233 Å². The highest BCUT2D eigenvalue weighted by Crippen LogP contribution is 2.24. The summed E-state index contributed by atoms with van der Waals surface area (Å²) in [5.74, 6) is -1.65. The second-order valence-electron chi connectivity index (χ2n) is 9.28. The number of pyridine rings is 1. The zero-order chi connectivity index (χ0) is 28.9. The number of aliphatic carboxylic acids is 1. The summed E-state index contributed by atoms with van der Waals surface area (Å²) in [4.78, 5) is 57.7. The zero-order valence-corrected chi connectivity index (χ0v) is 22.7. The lowest BCUT2D eigenvalue weighted by molar-refractivity contribution is -0.138. The van der Waals surface area contributed by atoms with E-state index in [1.165, 1.54) is 21.9 Å². The summed E-state index contributed by atoms with van der Waals surface area (Å²) in [6.07, 6.45) is 2.35. The molecule has 214 valence electrons. The summed E-state index contributed by atoms with van der Waals surface area (Å²) in [5, 5.41) is 11.9. The Kier molecular flexibility index (Phi) is 11.5. The first-order chi connectivity index (χ1) is 19.3. The quantitative estimate of drug-likeness (QED) is 0.285. The van der Waals surface area contributed by atoms with Crippen LogP contribution in [0.4, 0.5) is 4.79 Å². The van der Waals surface area contributed by atoms with Crippen molar-refractivity contribution in [2.24, 2.45) is 0 Å². The number of hydrogen-bond donors (Lipinski definition) is 2. The molecule has 1 aromatic heterocycles. The first-order valence-electron chi connectivity index (χ1n) is 13.4. The Morgan fingerprint density at radius 1 is 1.10 bits per heavy atom. The largest absolute Gasteiger partial charge is 0.493 e. The fraction of sp³-hybridized carbons (Fsp3) is 0.414. The average Bonchev–Trinajstić information content (AvgIpc) is 2.98. The van der Waals surface area contributed by atoms with Gasteiger partial charge in [-0.05, 0) is 12.8 Å². The Bertz CT molecular complexity index is 1180. The van der Waals surface area contributed by atoms with Gasteiger partial charge in [0.2, 0.25) is 5.91 Å². The molecule has 1 saturated heterocycles. The molecule has 0 spiro atoms. The van der Waals surface area contributed by atoms with E-state index < -0.39 is 29.9 Å². The van der Waals surface area contributed by atoms with Gasteiger partial charge in [0.1, 0.15) is 24.1 Å². The number of carboxylic acids is 1. The molecule has 1 aliphatic heterocycles. The molecule has 3 rings (SSSR count). The van der Waals surface area contributed by atoms with Crippen molar-refractivity contribution in [3.8, 4) is 17.0 Å². The van der Waals surface area contributed by atoms with Crippen molar-refractivity contribution in [3.63, 3.8) is 0 Å². The van der Waals surface area contributed by atoms with Gasteiger partial charge in [-0.25, -0.2) is 9.78 Å². The van der Waals surface area contributed by atoms with Crippen molar-refractivity contribution in [1.82, 2.24) is 20.1 Å². The van der Waals surface area contributed by atoms with Crippen LogP contribution in [0.2, 0.25) is 0 Å². The standard InChI is InChI=1S/C29H36N4O7/c1-3-5-18-39-22-19-24(21-9-7-6-8-10-21)30-25(20-22)27(36)31-23(11-12-26(34)35)28(37)32-13-15-33(16-14-32)29(38)40-17-4-2/h4,6-10,19-20,23H,2-3,5,11-18H2,1H3,(H,31,36)(H,34,35)/t23-/m0/s1. The third-order valence-corrected chi connectivity index (χ3v) is 6.29. The van der Waals surface area contributed by atoms with E-state index >= 15 is 0 Å². The van der Waals surface area contributed by atoms with Crippen LogP contribution < -0.4 is 10.1 Å². The van der Waals surface area contributed by atoms with Gasteiger partial charge < -0.3 is 29.7 Å². The number of amides is 3. The summed E-state index contributed by atoms with van der Waals surface area (Å²) in [6, 6.07) is 11.5. The van der Waals surface area contributed by atoms with E-state index in [1.54, 1.807) is 6.07 Å². The number of nitrogens with one attached hydrogen (secondary N) is 1. The molecule has 0 bridgehead atoms. The molecule has 40 heavy (non-hydrogen) atoms. The van der Waals surface area contributed by atoms with Gasteiger partial charge in [0.05, 0.1) is 12.3 Å². The van der Waals surface area contributed by atoms with Crippen molar-refractivity contribution in [3.05, 3.63) is 60.8 Å². The van der Waals surface area contributed by atoms with Gasteiger partial charge in [-0.15, -0.1) is 0 Å². The molecule has 1 aromatic carbocycles. The molecule has 0 unspecified atom stereocenters. The van der Waals surface area contributed by atoms with Crippen molar-refractivity contribution in [1.29, 1.82) is 0 Å². The number of unbranched alkanes of at least 4 members (excludes halogenated alkanes) is 1. The number of aromatic nitrogens is 1.